The summed E-state index contributed by atoms with van der Waals surface area (Å²) in [5.74, 6) is 0.161. The summed E-state index contributed by atoms with van der Waals surface area (Å²) in [7, 11) is 0. The van der Waals surface area contributed by atoms with E-state index in [2.05, 4.69) is 29.4 Å². The first-order valence-corrected chi connectivity index (χ1v) is 11.8. The van der Waals surface area contributed by atoms with Crippen LogP contribution in [-0.4, -0.2) is 33.7 Å². The first-order valence-electron chi connectivity index (χ1n) is 11.8. The summed E-state index contributed by atoms with van der Waals surface area (Å²) in [5.41, 5.74) is 4.53. The van der Waals surface area contributed by atoms with Crippen molar-refractivity contribution in [2.24, 2.45) is 5.92 Å². The lowest BCUT2D eigenvalue weighted by Crippen LogP contribution is -2.39. The second-order valence-electron chi connectivity index (χ2n) is 9.07. The van der Waals surface area contributed by atoms with Gasteiger partial charge in [-0.25, -0.2) is 9.07 Å². The van der Waals surface area contributed by atoms with Gasteiger partial charge in [0.05, 0.1) is 11.4 Å². The number of piperidine rings is 1. The first kappa shape index (κ1) is 22.1. The molecule has 172 valence electrons. The number of nitrogens with zero attached hydrogens (tertiary/aromatic N) is 3. The maximum Gasteiger partial charge on any atom is 0.272 e. The van der Waals surface area contributed by atoms with Crippen molar-refractivity contribution >= 4 is 5.91 Å². The number of benzene rings is 3. The molecule has 4 aromatic rings. The molecule has 0 radical (unpaired) electrons. The van der Waals surface area contributed by atoms with Gasteiger partial charge in [0.15, 0.2) is 0 Å². The van der Waals surface area contributed by atoms with E-state index in [0.717, 1.165) is 30.5 Å². The summed E-state index contributed by atoms with van der Waals surface area (Å²) in [4.78, 5) is 15.6. The fraction of sp³-hybridized carbons (Fsp3) is 0.241. The molecule has 0 unspecified atom stereocenters. The molecular weight excluding hydrogens is 425 g/mol. The fourth-order valence-electron chi connectivity index (χ4n) is 4.74. The van der Waals surface area contributed by atoms with Crippen molar-refractivity contribution in [1.29, 1.82) is 0 Å². The van der Waals surface area contributed by atoms with Gasteiger partial charge in [-0.15, -0.1) is 0 Å². The largest absolute Gasteiger partial charge is 0.337 e. The van der Waals surface area contributed by atoms with E-state index in [4.69, 9.17) is 0 Å². The summed E-state index contributed by atoms with van der Waals surface area (Å²) in [6.07, 6.45) is 2.99. The Hall–Kier alpha value is -3.73. The molecular formula is C29H28FN3O. The molecule has 3 aromatic carbocycles. The molecule has 1 fully saturated rings. The number of hydrogen-bond acceptors (Lipinski definition) is 2. The van der Waals surface area contributed by atoms with Gasteiger partial charge in [0.1, 0.15) is 11.5 Å². The summed E-state index contributed by atoms with van der Waals surface area (Å²) in [6.45, 7) is 3.43. The van der Waals surface area contributed by atoms with Crippen molar-refractivity contribution in [2.75, 3.05) is 13.1 Å². The van der Waals surface area contributed by atoms with Gasteiger partial charge in [-0.3, -0.25) is 4.79 Å². The molecule has 0 aliphatic carbocycles. The maximum atomic E-state index is 14.5. The molecule has 0 saturated carbocycles. The van der Waals surface area contributed by atoms with Gasteiger partial charge in [-0.2, -0.15) is 5.10 Å². The molecule has 1 aliphatic heterocycles. The summed E-state index contributed by atoms with van der Waals surface area (Å²) in [5, 5.41) is 4.67. The third kappa shape index (κ3) is 4.65. The van der Waals surface area contributed by atoms with Crippen LogP contribution in [0.25, 0.3) is 16.9 Å². The van der Waals surface area contributed by atoms with Crippen LogP contribution < -0.4 is 0 Å². The number of halogens is 1. The van der Waals surface area contributed by atoms with Crippen LogP contribution in [0.2, 0.25) is 0 Å². The summed E-state index contributed by atoms with van der Waals surface area (Å²) in [6, 6.07) is 26.7. The number of aryl methyl sites for hydroxylation is 1. The molecule has 5 rings (SSSR count). The minimum atomic E-state index is -0.350. The Balaban J connectivity index is 1.41. The van der Waals surface area contributed by atoms with Gasteiger partial charge in [0.25, 0.3) is 5.91 Å². The smallest absolute Gasteiger partial charge is 0.272 e. The zero-order chi connectivity index (χ0) is 23.5. The van der Waals surface area contributed by atoms with E-state index >= 15 is 0 Å². The van der Waals surface area contributed by atoms with Crippen molar-refractivity contribution in [3.05, 3.63) is 108 Å². The van der Waals surface area contributed by atoms with E-state index in [0.29, 0.717) is 36.0 Å². The van der Waals surface area contributed by atoms with E-state index in [1.165, 1.54) is 11.6 Å². The van der Waals surface area contributed by atoms with Crippen LogP contribution in [0.5, 0.6) is 0 Å². The summed E-state index contributed by atoms with van der Waals surface area (Å²) < 4.78 is 16.2. The number of amides is 1. The molecule has 1 saturated heterocycles. The number of carbonyl (C=O) groups excluding carboxylic acids is 1. The number of rotatable bonds is 5. The van der Waals surface area contributed by atoms with Crippen molar-refractivity contribution < 1.29 is 9.18 Å². The van der Waals surface area contributed by atoms with Crippen LogP contribution in [0.3, 0.4) is 0 Å². The maximum absolute atomic E-state index is 14.5. The Kier molecular flexibility index (Phi) is 6.26. The summed E-state index contributed by atoms with van der Waals surface area (Å²) >= 11 is 0. The number of hydrogen-bond donors (Lipinski definition) is 0. The minimum absolute atomic E-state index is 0.0604. The molecule has 2 heterocycles. The Morgan fingerprint density at radius 2 is 1.68 bits per heavy atom. The van der Waals surface area contributed by atoms with Gasteiger partial charge in [-0.05, 0) is 73.6 Å². The molecule has 0 atom stereocenters. The van der Waals surface area contributed by atoms with Gasteiger partial charge in [0.2, 0.25) is 0 Å². The van der Waals surface area contributed by atoms with E-state index in [1.54, 1.807) is 28.9 Å². The Bertz CT molecular complexity index is 1290. The zero-order valence-corrected chi connectivity index (χ0v) is 19.3. The molecule has 1 amide bonds. The van der Waals surface area contributed by atoms with Gasteiger partial charge in [-0.1, -0.05) is 54.6 Å². The molecule has 1 aliphatic rings. The Labute approximate surface area is 199 Å². The standard InChI is InChI=1S/C29H28FN3O/c1-21-8-7-11-24(18-21)33-28(20-27(31-33)25-12-5-6-13-26(25)30)29(34)32-16-14-23(15-17-32)19-22-9-3-2-4-10-22/h2-13,18,20,23H,14-17,19H2,1H3. The Morgan fingerprint density at radius 3 is 2.41 bits per heavy atom. The third-order valence-corrected chi connectivity index (χ3v) is 6.59. The van der Waals surface area contributed by atoms with Crippen LogP contribution in [0.4, 0.5) is 4.39 Å². The van der Waals surface area contributed by atoms with Crippen LogP contribution in [0, 0.1) is 18.7 Å². The molecule has 4 nitrogen and oxygen atoms in total. The number of carbonyl (C=O) groups is 1. The topological polar surface area (TPSA) is 38.1 Å². The average Bonchev–Trinajstić information content (AvgIpc) is 3.30. The quantitative estimate of drug-likeness (QED) is 0.367. The van der Waals surface area contributed by atoms with Gasteiger partial charge >= 0.3 is 0 Å². The average molecular weight is 454 g/mol. The predicted molar refractivity (Wildman–Crippen MR) is 132 cm³/mol. The van der Waals surface area contributed by atoms with Gasteiger partial charge in [0, 0.05) is 18.7 Å². The highest BCUT2D eigenvalue weighted by molar-refractivity contribution is 5.94. The van der Waals surface area contributed by atoms with Crippen LogP contribution in [0.1, 0.15) is 34.5 Å². The van der Waals surface area contributed by atoms with E-state index in [1.807, 2.05) is 42.2 Å². The molecule has 1 aromatic heterocycles. The third-order valence-electron chi connectivity index (χ3n) is 6.59. The molecule has 0 bridgehead atoms. The van der Waals surface area contributed by atoms with Crippen molar-refractivity contribution in [3.8, 4) is 16.9 Å². The van der Waals surface area contributed by atoms with Gasteiger partial charge < -0.3 is 4.90 Å². The van der Waals surface area contributed by atoms with Crippen molar-refractivity contribution in [2.45, 2.75) is 26.2 Å². The normalized spacial score (nSPS) is 14.4. The number of likely N-dealkylation sites (tertiary alicyclic amines) is 1. The highest BCUT2D eigenvalue weighted by atomic mass is 19.1. The predicted octanol–water partition coefficient (Wildman–Crippen LogP) is 6.08. The van der Waals surface area contributed by atoms with E-state index in [-0.39, 0.29) is 11.7 Å². The SMILES string of the molecule is Cc1cccc(-n2nc(-c3ccccc3F)cc2C(=O)N2CCC(Cc3ccccc3)CC2)c1. The van der Waals surface area contributed by atoms with E-state index in [9.17, 15) is 9.18 Å². The molecule has 34 heavy (non-hydrogen) atoms. The lowest BCUT2D eigenvalue weighted by Gasteiger charge is -2.32. The monoisotopic (exact) mass is 453 g/mol. The second kappa shape index (κ2) is 9.64. The fourth-order valence-corrected chi connectivity index (χ4v) is 4.74. The van der Waals surface area contributed by atoms with E-state index < -0.39 is 0 Å². The Morgan fingerprint density at radius 1 is 0.941 bits per heavy atom. The zero-order valence-electron chi connectivity index (χ0n) is 19.3. The molecule has 5 heteroatoms. The highest BCUT2D eigenvalue weighted by Crippen LogP contribution is 2.27. The van der Waals surface area contributed by atoms with Crippen LogP contribution in [0.15, 0.2) is 84.9 Å². The minimum Gasteiger partial charge on any atom is -0.337 e. The lowest BCUT2D eigenvalue weighted by molar-refractivity contribution is 0.0681. The molecule has 0 N–H and O–H groups in total. The first-order chi connectivity index (χ1) is 16.6. The highest BCUT2D eigenvalue weighted by Gasteiger charge is 2.27. The lowest BCUT2D eigenvalue weighted by atomic mass is 9.90. The second-order valence-corrected chi connectivity index (χ2v) is 9.07. The van der Waals surface area contributed by atoms with Crippen LogP contribution in [-0.2, 0) is 6.42 Å². The van der Waals surface area contributed by atoms with Crippen molar-refractivity contribution in [3.63, 3.8) is 0 Å². The molecule has 0 spiro atoms. The van der Waals surface area contributed by atoms with Crippen molar-refractivity contribution in [1.82, 2.24) is 14.7 Å². The number of aromatic nitrogens is 2. The van der Waals surface area contributed by atoms with Crippen LogP contribution >= 0.6 is 0 Å².